The summed E-state index contributed by atoms with van der Waals surface area (Å²) in [6.07, 6.45) is 0. The summed E-state index contributed by atoms with van der Waals surface area (Å²) in [7, 11) is 1.33. The average Bonchev–Trinajstić information content (AvgIpc) is 2.82. The highest BCUT2D eigenvalue weighted by Crippen LogP contribution is 2.22. The Balaban J connectivity index is 1.41. The first-order valence-electron chi connectivity index (χ1n) is 9.67. The van der Waals surface area contributed by atoms with Crippen LogP contribution in [0.4, 0.5) is 0 Å². The number of para-hydroxylation sites is 1. The fraction of sp³-hybridized carbons (Fsp3) is 0.125. The number of benzene rings is 3. The summed E-state index contributed by atoms with van der Waals surface area (Å²) >= 11 is 0. The van der Waals surface area contributed by atoms with Crippen LogP contribution in [0.25, 0.3) is 22.3 Å². The molecule has 1 aromatic heterocycles. The number of hydrogen-bond donors (Lipinski definition) is 1. The lowest BCUT2D eigenvalue weighted by atomic mass is 10.2. The summed E-state index contributed by atoms with van der Waals surface area (Å²) in [4.78, 5) is 31.3. The molecule has 0 amide bonds. The van der Waals surface area contributed by atoms with E-state index < -0.39 is 5.97 Å². The molecule has 0 fully saturated rings. The average molecular weight is 416 g/mol. The molecule has 156 valence electrons. The van der Waals surface area contributed by atoms with E-state index in [9.17, 15) is 9.59 Å². The van der Waals surface area contributed by atoms with Gasteiger partial charge < -0.3 is 19.2 Å². The lowest BCUT2D eigenvalue weighted by molar-refractivity contribution is 0.0600. The Bertz CT molecular complexity index is 1280. The second kappa shape index (κ2) is 9.13. The van der Waals surface area contributed by atoms with Crippen LogP contribution >= 0.6 is 0 Å². The number of rotatable bonds is 7. The molecule has 4 rings (SSSR count). The topological polar surface area (TPSA) is 90.5 Å². The first kappa shape index (κ1) is 20.2. The molecule has 0 aliphatic heterocycles. The predicted octanol–water partition coefficient (Wildman–Crippen LogP) is 3.83. The Morgan fingerprint density at radius 2 is 1.61 bits per heavy atom. The van der Waals surface area contributed by atoms with Crippen molar-refractivity contribution >= 4 is 16.9 Å². The molecule has 0 bridgehead atoms. The van der Waals surface area contributed by atoms with Crippen molar-refractivity contribution in [2.45, 2.75) is 0 Å². The van der Waals surface area contributed by atoms with E-state index in [1.54, 1.807) is 42.5 Å². The Morgan fingerprint density at radius 1 is 0.903 bits per heavy atom. The molecule has 4 aromatic rings. The van der Waals surface area contributed by atoms with Gasteiger partial charge in [0, 0.05) is 5.56 Å². The second-order valence-electron chi connectivity index (χ2n) is 6.68. The molecule has 0 aliphatic rings. The van der Waals surface area contributed by atoms with Gasteiger partial charge in [-0.05, 0) is 42.5 Å². The van der Waals surface area contributed by atoms with Crippen molar-refractivity contribution in [3.8, 4) is 22.9 Å². The van der Waals surface area contributed by atoms with Gasteiger partial charge in [0.05, 0.1) is 23.6 Å². The molecule has 0 saturated heterocycles. The van der Waals surface area contributed by atoms with Gasteiger partial charge in [-0.3, -0.25) is 4.79 Å². The first-order valence-corrected chi connectivity index (χ1v) is 9.67. The van der Waals surface area contributed by atoms with Crippen molar-refractivity contribution in [3.05, 3.63) is 88.7 Å². The minimum atomic E-state index is -0.418. The van der Waals surface area contributed by atoms with Gasteiger partial charge in [0.25, 0.3) is 5.56 Å². The zero-order valence-corrected chi connectivity index (χ0v) is 16.8. The van der Waals surface area contributed by atoms with E-state index in [2.05, 4.69) is 9.97 Å². The fourth-order valence-electron chi connectivity index (χ4n) is 3.11. The SMILES string of the molecule is COC(=O)c1cccc(OCCOc2cccc(-c3nc4ccccc4c(=O)[nH]3)c2)c1. The fourth-order valence-corrected chi connectivity index (χ4v) is 3.11. The minimum absolute atomic E-state index is 0.186. The highest BCUT2D eigenvalue weighted by atomic mass is 16.5. The van der Waals surface area contributed by atoms with Crippen LogP contribution < -0.4 is 15.0 Å². The number of fused-ring (bicyclic) bond motifs is 1. The molecule has 0 spiro atoms. The molecule has 0 saturated carbocycles. The lowest BCUT2D eigenvalue weighted by Gasteiger charge is -2.10. The monoisotopic (exact) mass is 416 g/mol. The normalized spacial score (nSPS) is 10.6. The van der Waals surface area contributed by atoms with Crippen molar-refractivity contribution < 1.29 is 19.0 Å². The van der Waals surface area contributed by atoms with Crippen molar-refractivity contribution in [2.24, 2.45) is 0 Å². The summed E-state index contributed by atoms with van der Waals surface area (Å²) in [6, 6.07) is 21.3. The van der Waals surface area contributed by atoms with E-state index in [1.165, 1.54) is 7.11 Å². The van der Waals surface area contributed by atoms with Crippen LogP contribution in [0.2, 0.25) is 0 Å². The maximum atomic E-state index is 12.3. The predicted molar refractivity (Wildman–Crippen MR) is 117 cm³/mol. The van der Waals surface area contributed by atoms with Crippen molar-refractivity contribution in [1.29, 1.82) is 0 Å². The van der Waals surface area contributed by atoms with Crippen LogP contribution in [0.15, 0.2) is 77.6 Å². The van der Waals surface area contributed by atoms with Gasteiger partial charge in [0.15, 0.2) is 0 Å². The Hall–Kier alpha value is -4.13. The van der Waals surface area contributed by atoms with Gasteiger partial charge in [-0.1, -0.05) is 30.3 Å². The van der Waals surface area contributed by atoms with Crippen LogP contribution in [0.3, 0.4) is 0 Å². The highest BCUT2D eigenvalue weighted by molar-refractivity contribution is 5.89. The van der Waals surface area contributed by atoms with Gasteiger partial charge in [0.2, 0.25) is 0 Å². The smallest absolute Gasteiger partial charge is 0.337 e. The quantitative estimate of drug-likeness (QED) is 0.364. The molecular formula is C24H20N2O5. The Kier molecular flexibility index (Phi) is 5.93. The van der Waals surface area contributed by atoms with Crippen LogP contribution in [-0.2, 0) is 4.74 Å². The molecule has 1 N–H and O–H groups in total. The standard InChI is InChI=1S/C24H20N2O5/c1-29-24(28)17-7-5-9-19(15-17)31-13-12-30-18-8-4-6-16(14-18)22-25-21-11-3-2-10-20(21)23(27)26-22/h2-11,14-15H,12-13H2,1H3,(H,25,26,27). The van der Waals surface area contributed by atoms with Gasteiger partial charge >= 0.3 is 5.97 Å². The van der Waals surface area contributed by atoms with Crippen LogP contribution in [0.1, 0.15) is 10.4 Å². The summed E-state index contributed by atoms with van der Waals surface area (Å²) in [5, 5.41) is 0.548. The minimum Gasteiger partial charge on any atom is -0.490 e. The number of esters is 1. The van der Waals surface area contributed by atoms with Crippen molar-refractivity contribution in [1.82, 2.24) is 9.97 Å². The lowest BCUT2D eigenvalue weighted by Crippen LogP contribution is -2.10. The zero-order chi connectivity index (χ0) is 21.6. The number of nitrogens with one attached hydrogen (secondary N) is 1. The second-order valence-corrected chi connectivity index (χ2v) is 6.68. The van der Waals surface area contributed by atoms with E-state index >= 15 is 0 Å². The first-order chi connectivity index (χ1) is 15.1. The van der Waals surface area contributed by atoms with Crippen LogP contribution in [0, 0.1) is 0 Å². The van der Waals surface area contributed by atoms with Crippen LogP contribution in [-0.4, -0.2) is 36.3 Å². The summed E-state index contributed by atoms with van der Waals surface area (Å²) in [6.45, 7) is 0.591. The van der Waals surface area contributed by atoms with Gasteiger partial charge in [0.1, 0.15) is 30.5 Å². The molecule has 7 heteroatoms. The summed E-state index contributed by atoms with van der Waals surface area (Å²) in [5.41, 5.74) is 1.61. The maximum Gasteiger partial charge on any atom is 0.337 e. The molecule has 3 aromatic carbocycles. The van der Waals surface area contributed by atoms with E-state index in [4.69, 9.17) is 14.2 Å². The number of H-pyrrole nitrogens is 1. The highest BCUT2D eigenvalue weighted by Gasteiger charge is 2.08. The zero-order valence-electron chi connectivity index (χ0n) is 16.8. The molecule has 31 heavy (non-hydrogen) atoms. The van der Waals surface area contributed by atoms with Gasteiger partial charge in [-0.25, -0.2) is 9.78 Å². The number of nitrogens with zero attached hydrogens (tertiary/aromatic N) is 1. The Labute approximate surface area is 178 Å². The van der Waals surface area contributed by atoms with E-state index in [0.29, 0.717) is 47.0 Å². The van der Waals surface area contributed by atoms with E-state index in [1.807, 2.05) is 30.3 Å². The molecular weight excluding hydrogens is 396 g/mol. The molecule has 0 aliphatic carbocycles. The molecule has 0 radical (unpaired) electrons. The third-order valence-electron chi connectivity index (χ3n) is 4.60. The van der Waals surface area contributed by atoms with Crippen molar-refractivity contribution in [3.63, 3.8) is 0 Å². The van der Waals surface area contributed by atoms with Crippen molar-refractivity contribution in [2.75, 3.05) is 20.3 Å². The number of carbonyl (C=O) groups excluding carboxylic acids is 1. The van der Waals surface area contributed by atoms with Gasteiger partial charge in [-0.2, -0.15) is 0 Å². The van der Waals surface area contributed by atoms with Gasteiger partial charge in [-0.15, -0.1) is 0 Å². The number of methoxy groups -OCH3 is 1. The third kappa shape index (κ3) is 4.72. The third-order valence-corrected chi connectivity index (χ3v) is 4.60. The molecule has 0 unspecified atom stereocenters. The molecule has 0 atom stereocenters. The number of aromatic nitrogens is 2. The molecule has 7 nitrogen and oxygen atoms in total. The number of carbonyl (C=O) groups is 1. The Morgan fingerprint density at radius 3 is 2.39 bits per heavy atom. The maximum absolute atomic E-state index is 12.3. The number of ether oxygens (including phenoxy) is 3. The summed E-state index contributed by atoms with van der Waals surface area (Å²) in [5.74, 6) is 1.24. The largest absolute Gasteiger partial charge is 0.490 e. The van der Waals surface area contributed by atoms with E-state index in [-0.39, 0.29) is 5.56 Å². The number of hydrogen-bond acceptors (Lipinski definition) is 6. The number of aromatic amines is 1. The van der Waals surface area contributed by atoms with E-state index in [0.717, 1.165) is 5.56 Å². The van der Waals surface area contributed by atoms with Crippen LogP contribution in [0.5, 0.6) is 11.5 Å². The molecule has 1 heterocycles. The summed E-state index contributed by atoms with van der Waals surface area (Å²) < 4.78 is 16.1.